The van der Waals surface area contributed by atoms with Crippen LogP contribution in [0.25, 0.3) is 0 Å². The number of nitrogens with zero attached hydrogens (tertiary/aromatic N) is 1. The van der Waals surface area contributed by atoms with Crippen molar-refractivity contribution in [2.75, 3.05) is 7.05 Å². The fourth-order valence-electron chi connectivity index (χ4n) is 3.43. The van der Waals surface area contributed by atoms with Gasteiger partial charge >= 0.3 is 0 Å². The lowest BCUT2D eigenvalue weighted by Gasteiger charge is -2.31. The minimum atomic E-state index is 0.326. The van der Waals surface area contributed by atoms with Crippen LogP contribution in [0.1, 0.15) is 106 Å². The summed E-state index contributed by atoms with van der Waals surface area (Å²) in [7, 11) is 1.97. The number of rotatable bonds is 9. The molecule has 0 bridgehead atoms. The maximum atomic E-state index is 11.8. The molecule has 154 valence electrons. The van der Waals surface area contributed by atoms with E-state index in [1.807, 2.05) is 11.9 Å². The molecule has 0 aromatic heterocycles. The third-order valence-electron chi connectivity index (χ3n) is 4.97. The highest BCUT2D eigenvalue weighted by Crippen LogP contribution is 2.22. The van der Waals surface area contributed by atoms with Crippen molar-refractivity contribution in [3.05, 3.63) is 0 Å². The molecule has 0 unspecified atom stereocenters. The first kappa shape index (κ1) is 25.1. The predicted molar refractivity (Wildman–Crippen MR) is 112 cm³/mol. The van der Waals surface area contributed by atoms with Gasteiger partial charge in [0.05, 0.1) is 0 Å². The Kier molecular flexibility index (Phi) is 13.8. The topological polar surface area (TPSA) is 37.4 Å². The molecule has 0 aliphatic heterocycles. The van der Waals surface area contributed by atoms with Gasteiger partial charge in [-0.1, -0.05) is 67.2 Å². The van der Waals surface area contributed by atoms with Gasteiger partial charge < -0.3 is 4.90 Å². The van der Waals surface area contributed by atoms with E-state index in [4.69, 9.17) is 0 Å². The van der Waals surface area contributed by atoms with E-state index >= 15 is 0 Å². The Hall–Kier alpha value is -0.860. The van der Waals surface area contributed by atoms with E-state index < -0.39 is 0 Å². The number of hydrogen-bond donors (Lipinski definition) is 0. The highest BCUT2D eigenvalue weighted by molar-refractivity contribution is 5.78. The first-order valence-electron chi connectivity index (χ1n) is 10.9. The Morgan fingerprint density at radius 2 is 1.38 bits per heavy atom. The molecule has 26 heavy (non-hydrogen) atoms. The van der Waals surface area contributed by atoms with Crippen molar-refractivity contribution in [3.63, 3.8) is 0 Å². The molecule has 3 heteroatoms. The van der Waals surface area contributed by atoms with E-state index in [0.29, 0.717) is 36.0 Å². The molecule has 0 N–H and O–H groups in total. The molecule has 0 heterocycles. The first-order chi connectivity index (χ1) is 12.1. The lowest BCUT2D eigenvalue weighted by atomic mass is 9.94. The van der Waals surface area contributed by atoms with Crippen LogP contribution in [-0.4, -0.2) is 29.7 Å². The van der Waals surface area contributed by atoms with Gasteiger partial charge in [0.2, 0.25) is 5.91 Å². The Bertz CT molecular complexity index is 382. The summed E-state index contributed by atoms with van der Waals surface area (Å²) in [5, 5.41) is 0. The Labute approximate surface area is 163 Å². The molecular formula is C23H45NO2. The quantitative estimate of drug-likeness (QED) is 0.483. The van der Waals surface area contributed by atoms with Crippen molar-refractivity contribution in [1.29, 1.82) is 0 Å². The lowest BCUT2D eigenvalue weighted by molar-refractivity contribution is -0.133. The second kappa shape index (κ2) is 14.2. The van der Waals surface area contributed by atoms with Gasteiger partial charge in [0.1, 0.15) is 5.78 Å². The second-order valence-electron chi connectivity index (χ2n) is 9.32. The van der Waals surface area contributed by atoms with Gasteiger partial charge in [-0.25, -0.2) is 0 Å². The number of ketones is 1. The van der Waals surface area contributed by atoms with E-state index in [0.717, 1.165) is 25.2 Å². The molecule has 1 aliphatic carbocycles. The molecule has 0 atom stereocenters. The van der Waals surface area contributed by atoms with Gasteiger partial charge in [-0.15, -0.1) is 0 Å². The molecule has 0 spiro atoms. The van der Waals surface area contributed by atoms with E-state index in [-0.39, 0.29) is 0 Å². The van der Waals surface area contributed by atoms with Gasteiger partial charge in [0.25, 0.3) is 0 Å². The van der Waals surface area contributed by atoms with Crippen LogP contribution in [0.2, 0.25) is 0 Å². The maximum Gasteiger partial charge on any atom is 0.222 e. The van der Waals surface area contributed by atoms with Gasteiger partial charge in [0, 0.05) is 32.4 Å². The predicted octanol–water partition coefficient (Wildman–Crippen LogP) is 6.25. The zero-order valence-electron chi connectivity index (χ0n) is 18.6. The summed E-state index contributed by atoms with van der Waals surface area (Å²) in [5.41, 5.74) is 0. The van der Waals surface area contributed by atoms with E-state index in [1.165, 1.54) is 38.5 Å². The van der Waals surface area contributed by atoms with E-state index in [1.54, 1.807) is 0 Å². The zero-order chi connectivity index (χ0) is 20.1. The summed E-state index contributed by atoms with van der Waals surface area (Å²) >= 11 is 0. The minimum Gasteiger partial charge on any atom is -0.343 e. The number of Topliss-reactive ketones (excluding diaryl/α,β-unsaturated/α-hetero) is 1. The molecule has 0 saturated heterocycles. The summed E-state index contributed by atoms with van der Waals surface area (Å²) in [6.07, 6.45) is 10.9. The Balaban J connectivity index is 0.000000488. The molecule has 0 aromatic rings. The van der Waals surface area contributed by atoms with Gasteiger partial charge in [-0.3, -0.25) is 9.59 Å². The van der Waals surface area contributed by atoms with Gasteiger partial charge in [-0.05, 0) is 37.0 Å². The van der Waals surface area contributed by atoms with Crippen LogP contribution in [0.4, 0.5) is 0 Å². The maximum absolute atomic E-state index is 11.8. The number of carbonyl (C=O) groups excluding carboxylic acids is 2. The van der Waals surface area contributed by atoms with Crippen LogP contribution >= 0.6 is 0 Å². The van der Waals surface area contributed by atoms with Crippen molar-refractivity contribution in [2.45, 2.75) is 112 Å². The van der Waals surface area contributed by atoms with Crippen LogP contribution in [0.15, 0.2) is 0 Å². The van der Waals surface area contributed by atoms with Gasteiger partial charge in [0.15, 0.2) is 0 Å². The molecule has 0 aromatic carbocycles. The Morgan fingerprint density at radius 1 is 0.846 bits per heavy atom. The molecule has 1 amide bonds. The average Bonchev–Trinajstić information content (AvgIpc) is 2.54. The molecule has 0 radical (unpaired) electrons. The van der Waals surface area contributed by atoms with E-state index in [9.17, 15) is 9.59 Å². The molecule has 3 nitrogen and oxygen atoms in total. The average molecular weight is 368 g/mol. The van der Waals surface area contributed by atoms with Crippen molar-refractivity contribution < 1.29 is 9.59 Å². The van der Waals surface area contributed by atoms with Crippen LogP contribution in [0, 0.1) is 17.8 Å². The minimum absolute atomic E-state index is 0.326. The second-order valence-corrected chi connectivity index (χ2v) is 9.32. The van der Waals surface area contributed by atoms with Gasteiger partial charge in [-0.2, -0.15) is 0 Å². The normalized spacial score (nSPS) is 15.2. The highest BCUT2D eigenvalue weighted by atomic mass is 16.2. The highest BCUT2D eigenvalue weighted by Gasteiger charge is 2.22. The fourth-order valence-corrected chi connectivity index (χ4v) is 3.43. The summed E-state index contributed by atoms with van der Waals surface area (Å²) in [5.74, 6) is 2.50. The monoisotopic (exact) mass is 367 g/mol. The van der Waals surface area contributed by atoms with Crippen molar-refractivity contribution in [2.24, 2.45) is 17.8 Å². The molecule has 1 saturated carbocycles. The third kappa shape index (κ3) is 13.4. The van der Waals surface area contributed by atoms with Crippen molar-refractivity contribution in [3.8, 4) is 0 Å². The van der Waals surface area contributed by atoms with Crippen LogP contribution in [-0.2, 0) is 9.59 Å². The molecular weight excluding hydrogens is 322 g/mol. The third-order valence-corrected chi connectivity index (χ3v) is 4.97. The summed E-state index contributed by atoms with van der Waals surface area (Å²) in [6, 6.07) is 0.523. The van der Waals surface area contributed by atoms with Crippen LogP contribution in [0.5, 0.6) is 0 Å². The number of amides is 1. The summed E-state index contributed by atoms with van der Waals surface area (Å²) < 4.78 is 0. The van der Waals surface area contributed by atoms with Crippen molar-refractivity contribution >= 4 is 11.7 Å². The largest absolute Gasteiger partial charge is 0.343 e. The molecule has 1 fully saturated rings. The van der Waals surface area contributed by atoms with Crippen LogP contribution < -0.4 is 0 Å². The van der Waals surface area contributed by atoms with Crippen molar-refractivity contribution in [1.82, 2.24) is 4.90 Å². The molecule has 1 aliphatic rings. The first-order valence-corrected chi connectivity index (χ1v) is 10.9. The van der Waals surface area contributed by atoms with E-state index in [2.05, 4.69) is 41.5 Å². The SMILES string of the molecule is CC(C)CC(=O)N(C)C1CCCCC1.CC(C)CCCC(=O)CC(C)C. The number of carbonyl (C=O) groups is 2. The standard InChI is InChI=1S/C12H23NO.C11H22O/c1-10(2)9-12(14)13(3)11-7-5-4-6-8-11;1-9(2)6-5-7-11(12)8-10(3)4/h10-11H,4-9H2,1-3H3;9-10H,5-8H2,1-4H3. The zero-order valence-corrected chi connectivity index (χ0v) is 18.6. The lowest BCUT2D eigenvalue weighted by Crippen LogP contribution is -2.38. The fraction of sp³-hybridized carbons (Fsp3) is 0.913. The summed E-state index contributed by atoms with van der Waals surface area (Å²) in [4.78, 5) is 25.0. The van der Waals surface area contributed by atoms with Crippen LogP contribution in [0.3, 0.4) is 0 Å². The Morgan fingerprint density at radius 3 is 1.85 bits per heavy atom. The summed E-state index contributed by atoms with van der Waals surface area (Å²) in [6.45, 7) is 12.8. The smallest absolute Gasteiger partial charge is 0.222 e. The number of hydrogen-bond acceptors (Lipinski definition) is 2. The molecule has 1 rings (SSSR count).